The van der Waals surface area contributed by atoms with E-state index < -0.39 is 11.9 Å². The molecule has 0 unspecified atom stereocenters. The molecule has 0 aliphatic heterocycles. The molecule has 0 bridgehead atoms. The normalized spacial score (nSPS) is 10.8. The molecule has 0 amide bonds. The fourth-order valence-electron chi connectivity index (χ4n) is 3.94. The van der Waals surface area contributed by atoms with E-state index >= 15 is 0 Å². The van der Waals surface area contributed by atoms with Crippen LogP contribution >= 0.6 is 0 Å². The Morgan fingerprint density at radius 1 is 0.583 bits per heavy atom. The molecule has 6 N–H and O–H groups in total. The summed E-state index contributed by atoms with van der Waals surface area (Å²) >= 11 is 0. The molecule has 2 rings (SSSR count). The minimum atomic E-state index is -0.744. The van der Waals surface area contributed by atoms with E-state index in [1.54, 1.807) is 0 Å². The summed E-state index contributed by atoms with van der Waals surface area (Å²) in [6, 6.07) is 11.2. The van der Waals surface area contributed by atoms with Gasteiger partial charge in [0.25, 0.3) is 0 Å². The Labute approximate surface area is 213 Å². The van der Waals surface area contributed by atoms with Crippen molar-refractivity contribution >= 4 is 23.3 Å². The molecule has 0 fully saturated rings. The summed E-state index contributed by atoms with van der Waals surface area (Å²) in [6.07, 6.45) is 9.34. The molecule has 0 atom stereocenters. The van der Waals surface area contributed by atoms with Crippen LogP contribution in [0, 0.1) is 0 Å². The molecule has 0 aliphatic rings. The zero-order valence-electron chi connectivity index (χ0n) is 21.0. The van der Waals surface area contributed by atoms with Crippen molar-refractivity contribution in [2.24, 2.45) is 0 Å². The molecule has 0 heterocycles. The van der Waals surface area contributed by atoms with Gasteiger partial charge in [0, 0.05) is 47.5 Å². The summed E-state index contributed by atoms with van der Waals surface area (Å²) in [5.41, 5.74) is 15.1. The Balaban J connectivity index is 1.90. The summed E-state index contributed by atoms with van der Waals surface area (Å²) in [5.74, 6) is -0.110. The molecule has 0 saturated heterocycles. The third-order valence-electron chi connectivity index (χ3n) is 5.89. The van der Waals surface area contributed by atoms with Crippen molar-refractivity contribution in [2.45, 2.75) is 77.0 Å². The van der Waals surface area contributed by atoms with Gasteiger partial charge in [-0.3, -0.25) is 9.59 Å². The molecule has 8 nitrogen and oxygen atoms in total. The number of unbranched alkanes of at least 4 members (excludes halogenated alkanes) is 8. The van der Waals surface area contributed by atoms with Gasteiger partial charge in [-0.1, -0.05) is 38.5 Å². The molecule has 0 aliphatic carbocycles. The monoisotopic (exact) mass is 500 g/mol. The quantitative estimate of drug-likeness (QED) is 0.133. The van der Waals surface area contributed by atoms with E-state index in [0.717, 1.165) is 62.5 Å². The lowest BCUT2D eigenvalue weighted by Gasteiger charge is -2.17. The lowest BCUT2D eigenvalue weighted by Crippen LogP contribution is -2.03. The first-order chi connectivity index (χ1) is 17.4. The average molecular weight is 501 g/mol. The van der Waals surface area contributed by atoms with Crippen LogP contribution in [-0.2, 0) is 9.59 Å². The van der Waals surface area contributed by atoms with Crippen molar-refractivity contribution in [3.8, 4) is 22.6 Å². The maximum Gasteiger partial charge on any atom is 0.303 e. The molecule has 36 heavy (non-hydrogen) atoms. The van der Waals surface area contributed by atoms with Gasteiger partial charge in [0.05, 0.1) is 13.2 Å². The van der Waals surface area contributed by atoms with Gasteiger partial charge in [-0.15, -0.1) is 0 Å². The standard InChI is InChI=1S/C28H40N2O6/c29-21-13-15-23(25(19-21)35-17-9-5-1-3-7-11-27(31)32)24-16-14-22(30)20-26(24)36-18-10-6-2-4-8-12-28(33)34/h13-16,19-20H,1-12,17-18,29-30H2,(H,31,32)(H,33,34). The van der Waals surface area contributed by atoms with Gasteiger partial charge in [-0.25, -0.2) is 0 Å². The first-order valence-electron chi connectivity index (χ1n) is 12.9. The summed E-state index contributed by atoms with van der Waals surface area (Å²) in [5, 5.41) is 17.4. The van der Waals surface area contributed by atoms with Crippen molar-refractivity contribution in [1.29, 1.82) is 0 Å². The summed E-state index contributed by atoms with van der Waals surface area (Å²) in [4.78, 5) is 21.2. The fraction of sp³-hybridized carbons (Fsp3) is 0.500. The van der Waals surface area contributed by atoms with E-state index in [1.807, 2.05) is 36.4 Å². The molecular formula is C28H40N2O6. The van der Waals surface area contributed by atoms with Crippen LogP contribution in [0.15, 0.2) is 36.4 Å². The predicted molar refractivity (Wildman–Crippen MR) is 142 cm³/mol. The Kier molecular flexibility index (Phi) is 13.0. The second-order valence-electron chi connectivity index (χ2n) is 9.03. The number of anilines is 2. The first-order valence-corrected chi connectivity index (χ1v) is 12.9. The SMILES string of the molecule is Nc1ccc(-c2ccc(N)cc2OCCCCCCCC(=O)O)c(OCCCCCCCC(=O)O)c1. The van der Waals surface area contributed by atoms with Gasteiger partial charge < -0.3 is 31.2 Å². The highest BCUT2D eigenvalue weighted by atomic mass is 16.5. The van der Waals surface area contributed by atoms with Gasteiger partial charge in [0.2, 0.25) is 0 Å². The van der Waals surface area contributed by atoms with E-state index in [9.17, 15) is 9.59 Å². The lowest BCUT2D eigenvalue weighted by molar-refractivity contribution is -0.138. The number of carboxylic acids is 2. The second kappa shape index (κ2) is 16.3. The van der Waals surface area contributed by atoms with E-state index in [1.165, 1.54) is 0 Å². The van der Waals surface area contributed by atoms with Crippen molar-refractivity contribution < 1.29 is 29.3 Å². The topological polar surface area (TPSA) is 145 Å². The van der Waals surface area contributed by atoms with Gasteiger partial charge in [0.1, 0.15) is 11.5 Å². The molecule has 2 aromatic carbocycles. The highest BCUT2D eigenvalue weighted by molar-refractivity contribution is 5.79. The number of nitrogen functional groups attached to an aromatic ring is 2. The molecule has 0 radical (unpaired) electrons. The minimum absolute atomic E-state index is 0.224. The molecule has 2 aromatic rings. The number of nitrogens with two attached hydrogens (primary N) is 2. The van der Waals surface area contributed by atoms with Crippen LogP contribution in [0.1, 0.15) is 77.0 Å². The number of ether oxygens (including phenoxy) is 2. The van der Waals surface area contributed by atoms with Crippen molar-refractivity contribution in [3.63, 3.8) is 0 Å². The summed E-state index contributed by atoms with van der Waals surface area (Å²) in [6.45, 7) is 1.09. The van der Waals surface area contributed by atoms with Crippen LogP contribution in [0.3, 0.4) is 0 Å². The predicted octanol–water partition coefficient (Wildman–Crippen LogP) is 6.13. The third kappa shape index (κ3) is 11.3. The molecule has 0 spiro atoms. The smallest absolute Gasteiger partial charge is 0.303 e. The number of hydrogen-bond acceptors (Lipinski definition) is 6. The van der Waals surface area contributed by atoms with E-state index in [-0.39, 0.29) is 12.8 Å². The highest BCUT2D eigenvalue weighted by Crippen LogP contribution is 2.39. The van der Waals surface area contributed by atoms with Crippen molar-refractivity contribution in [2.75, 3.05) is 24.7 Å². The third-order valence-corrected chi connectivity index (χ3v) is 5.89. The Morgan fingerprint density at radius 3 is 1.33 bits per heavy atom. The van der Waals surface area contributed by atoms with E-state index in [4.69, 9.17) is 31.2 Å². The maximum absolute atomic E-state index is 10.6. The molecular weight excluding hydrogens is 460 g/mol. The lowest BCUT2D eigenvalue weighted by atomic mass is 10.0. The maximum atomic E-state index is 10.6. The zero-order valence-corrected chi connectivity index (χ0v) is 21.0. The number of benzene rings is 2. The summed E-state index contributed by atoms with van der Waals surface area (Å²) < 4.78 is 12.2. The number of aliphatic carboxylic acids is 2. The number of carboxylic acid groups (broad SMARTS) is 2. The van der Waals surface area contributed by atoms with Gasteiger partial charge >= 0.3 is 11.9 Å². The van der Waals surface area contributed by atoms with E-state index in [0.29, 0.717) is 48.9 Å². The van der Waals surface area contributed by atoms with Crippen LogP contribution in [0.25, 0.3) is 11.1 Å². The molecule has 198 valence electrons. The highest BCUT2D eigenvalue weighted by Gasteiger charge is 2.13. The number of rotatable bonds is 19. The number of hydrogen-bond donors (Lipinski definition) is 4. The first kappa shape index (κ1) is 28.8. The van der Waals surface area contributed by atoms with Gasteiger partial charge in [0.15, 0.2) is 0 Å². The minimum Gasteiger partial charge on any atom is -0.493 e. The van der Waals surface area contributed by atoms with Gasteiger partial charge in [-0.05, 0) is 49.9 Å². The average Bonchev–Trinajstić information content (AvgIpc) is 2.82. The van der Waals surface area contributed by atoms with Crippen LogP contribution in [0.2, 0.25) is 0 Å². The Hall–Kier alpha value is -3.42. The zero-order chi connectivity index (χ0) is 26.2. The van der Waals surface area contributed by atoms with Crippen LogP contribution < -0.4 is 20.9 Å². The largest absolute Gasteiger partial charge is 0.493 e. The molecule has 0 aromatic heterocycles. The van der Waals surface area contributed by atoms with Gasteiger partial charge in [-0.2, -0.15) is 0 Å². The van der Waals surface area contributed by atoms with Crippen molar-refractivity contribution in [1.82, 2.24) is 0 Å². The van der Waals surface area contributed by atoms with Crippen LogP contribution in [0.5, 0.6) is 11.5 Å². The van der Waals surface area contributed by atoms with Crippen molar-refractivity contribution in [3.05, 3.63) is 36.4 Å². The van der Waals surface area contributed by atoms with Crippen LogP contribution in [0.4, 0.5) is 11.4 Å². The Morgan fingerprint density at radius 2 is 0.944 bits per heavy atom. The fourth-order valence-corrected chi connectivity index (χ4v) is 3.94. The summed E-state index contributed by atoms with van der Waals surface area (Å²) in [7, 11) is 0. The second-order valence-corrected chi connectivity index (χ2v) is 9.03. The molecule has 0 saturated carbocycles. The number of carbonyl (C=O) groups is 2. The Bertz CT molecular complexity index is 886. The molecule has 8 heteroatoms. The van der Waals surface area contributed by atoms with E-state index in [2.05, 4.69) is 0 Å². The van der Waals surface area contributed by atoms with Crippen LogP contribution in [-0.4, -0.2) is 35.4 Å².